The molecule has 0 saturated heterocycles. The molecule has 7 heteroatoms. The molecule has 0 fully saturated rings. The van der Waals surface area contributed by atoms with E-state index in [1.807, 2.05) is 38.1 Å². The van der Waals surface area contributed by atoms with Crippen molar-refractivity contribution in [2.24, 2.45) is 14.1 Å². The smallest absolute Gasteiger partial charge is 0.332 e. The topological polar surface area (TPSA) is 78.2 Å². The Bertz CT molecular complexity index is 1050. The number of nitrogens with zero attached hydrogens (tertiary/aromatic N) is 3. The first-order valence-electron chi connectivity index (χ1n) is 7.99. The van der Waals surface area contributed by atoms with Gasteiger partial charge in [-0.25, -0.2) is 9.78 Å². The molecule has 0 aliphatic heterocycles. The molecule has 0 atom stereocenters. The standard InChI is InChI=1S/C18H20N4O3/c1-5-25-13-8-6-12(7-9-13)20-15-11(2)10-19-16-14(15)17(23)22(4)18(24)21(16)3/h6-10H,5H2,1-4H3,(H,19,20). The molecular weight excluding hydrogens is 320 g/mol. The third-order valence-electron chi connectivity index (χ3n) is 4.09. The van der Waals surface area contributed by atoms with Gasteiger partial charge in [0.1, 0.15) is 11.1 Å². The average molecular weight is 340 g/mol. The van der Waals surface area contributed by atoms with E-state index in [2.05, 4.69) is 10.3 Å². The second-order valence-corrected chi connectivity index (χ2v) is 5.80. The number of aromatic nitrogens is 3. The fourth-order valence-corrected chi connectivity index (χ4v) is 2.73. The van der Waals surface area contributed by atoms with E-state index in [9.17, 15) is 9.59 Å². The third kappa shape index (κ3) is 2.88. The molecule has 2 heterocycles. The fraction of sp³-hybridized carbons (Fsp3) is 0.278. The molecule has 3 rings (SSSR count). The van der Waals surface area contributed by atoms with Crippen LogP contribution in [0.25, 0.3) is 11.0 Å². The Morgan fingerprint density at radius 2 is 1.80 bits per heavy atom. The van der Waals surface area contributed by atoms with Crippen LogP contribution in [0.15, 0.2) is 40.1 Å². The summed E-state index contributed by atoms with van der Waals surface area (Å²) in [4.78, 5) is 29.0. The van der Waals surface area contributed by atoms with Gasteiger partial charge in [0.2, 0.25) is 0 Å². The first-order valence-corrected chi connectivity index (χ1v) is 7.99. The van der Waals surface area contributed by atoms with Crippen LogP contribution in [0.2, 0.25) is 0 Å². The highest BCUT2D eigenvalue weighted by molar-refractivity contribution is 5.92. The molecule has 0 bridgehead atoms. The molecule has 7 nitrogen and oxygen atoms in total. The van der Waals surface area contributed by atoms with E-state index in [0.29, 0.717) is 23.3 Å². The molecule has 1 aromatic carbocycles. The maximum atomic E-state index is 12.7. The van der Waals surface area contributed by atoms with Gasteiger partial charge in [-0.3, -0.25) is 13.9 Å². The number of hydrogen-bond donors (Lipinski definition) is 1. The average Bonchev–Trinajstić information content (AvgIpc) is 2.61. The van der Waals surface area contributed by atoms with Gasteiger partial charge in [-0.05, 0) is 43.7 Å². The Labute approximate surface area is 144 Å². The molecule has 3 aromatic rings. The highest BCUT2D eigenvalue weighted by Gasteiger charge is 2.15. The summed E-state index contributed by atoms with van der Waals surface area (Å²) >= 11 is 0. The summed E-state index contributed by atoms with van der Waals surface area (Å²) in [6.45, 7) is 4.40. The lowest BCUT2D eigenvalue weighted by molar-refractivity contribution is 0.340. The Morgan fingerprint density at radius 3 is 2.44 bits per heavy atom. The lowest BCUT2D eigenvalue weighted by Gasteiger charge is -2.15. The zero-order valence-corrected chi connectivity index (χ0v) is 14.7. The predicted octanol–water partition coefficient (Wildman–Crippen LogP) is 2.08. The van der Waals surface area contributed by atoms with Crippen molar-refractivity contribution < 1.29 is 4.74 Å². The second kappa shape index (κ2) is 6.43. The van der Waals surface area contributed by atoms with E-state index in [1.165, 1.54) is 11.6 Å². The van der Waals surface area contributed by atoms with Crippen molar-refractivity contribution in [1.82, 2.24) is 14.1 Å². The maximum absolute atomic E-state index is 12.7. The van der Waals surface area contributed by atoms with Gasteiger partial charge in [0.25, 0.3) is 5.56 Å². The minimum Gasteiger partial charge on any atom is -0.494 e. The number of ether oxygens (including phenoxy) is 1. The Balaban J connectivity index is 2.17. The van der Waals surface area contributed by atoms with Crippen molar-refractivity contribution in [3.8, 4) is 5.75 Å². The van der Waals surface area contributed by atoms with Crippen LogP contribution in [0, 0.1) is 6.92 Å². The molecule has 0 aliphatic rings. The van der Waals surface area contributed by atoms with E-state index in [0.717, 1.165) is 21.6 Å². The number of hydrogen-bond acceptors (Lipinski definition) is 5. The molecule has 0 spiro atoms. The van der Waals surface area contributed by atoms with Gasteiger partial charge in [-0.15, -0.1) is 0 Å². The number of nitrogens with one attached hydrogen (secondary N) is 1. The maximum Gasteiger partial charge on any atom is 0.332 e. The quantitative estimate of drug-likeness (QED) is 0.787. The Morgan fingerprint density at radius 1 is 1.12 bits per heavy atom. The summed E-state index contributed by atoms with van der Waals surface area (Å²) in [7, 11) is 3.07. The van der Waals surface area contributed by atoms with Gasteiger partial charge >= 0.3 is 5.69 Å². The van der Waals surface area contributed by atoms with E-state index < -0.39 is 5.69 Å². The molecule has 2 aromatic heterocycles. The van der Waals surface area contributed by atoms with Crippen LogP contribution in [0.4, 0.5) is 11.4 Å². The first-order chi connectivity index (χ1) is 11.9. The molecule has 0 saturated carbocycles. The molecule has 130 valence electrons. The first kappa shape index (κ1) is 16.8. The number of rotatable bonds is 4. The molecule has 0 amide bonds. The van der Waals surface area contributed by atoms with Gasteiger partial charge in [0, 0.05) is 26.0 Å². The van der Waals surface area contributed by atoms with Gasteiger partial charge in [-0.2, -0.15) is 0 Å². The van der Waals surface area contributed by atoms with Crippen LogP contribution < -0.4 is 21.3 Å². The zero-order valence-electron chi connectivity index (χ0n) is 14.7. The fourth-order valence-electron chi connectivity index (χ4n) is 2.73. The lowest BCUT2D eigenvalue weighted by atomic mass is 10.1. The molecule has 0 aliphatic carbocycles. The highest BCUT2D eigenvalue weighted by atomic mass is 16.5. The van der Waals surface area contributed by atoms with Crippen molar-refractivity contribution in [2.45, 2.75) is 13.8 Å². The molecule has 0 radical (unpaired) electrons. The van der Waals surface area contributed by atoms with Crippen LogP contribution in [-0.2, 0) is 14.1 Å². The number of pyridine rings is 1. The van der Waals surface area contributed by atoms with Gasteiger partial charge in [0.15, 0.2) is 5.65 Å². The summed E-state index contributed by atoms with van der Waals surface area (Å²) in [6, 6.07) is 7.48. The number of benzene rings is 1. The predicted molar refractivity (Wildman–Crippen MR) is 97.9 cm³/mol. The Kier molecular flexibility index (Phi) is 4.31. The van der Waals surface area contributed by atoms with Gasteiger partial charge in [0.05, 0.1) is 12.3 Å². The normalized spacial score (nSPS) is 10.9. The summed E-state index contributed by atoms with van der Waals surface area (Å²) in [5.41, 5.74) is 1.85. The molecule has 0 unspecified atom stereocenters. The summed E-state index contributed by atoms with van der Waals surface area (Å²) in [5, 5.41) is 3.66. The van der Waals surface area contributed by atoms with Gasteiger partial charge in [-0.1, -0.05) is 0 Å². The van der Waals surface area contributed by atoms with Crippen LogP contribution >= 0.6 is 0 Å². The third-order valence-corrected chi connectivity index (χ3v) is 4.09. The zero-order chi connectivity index (χ0) is 18.1. The van der Waals surface area contributed by atoms with E-state index in [1.54, 1.807) is 13.2 Å². The van der Waals surface area contributed by atoms with Crippen molar-refractivity contribution in [3.63, 3.8) is 0 Å². The van der Waals surface area contributed by atoms with Crippen LogP contribution in [0.3, 0.4) is 0 Å². The summed E-state index contributed by atoms with van der Waals surface area (Å²) in [6.07, 6.45) is 1.65. The molecule has 1 N–H and O–H groups in total. The number of aryl methyl sites for hydroxylation is 2. The van der Waals surface area contributed by atoms with Crippen LogP contribution in [-0.4, -0.2) is 20.7 Å². The van der Waals surface area contributed by atoms with Crippen molar-refractivity contribution in [1.29, 1.82) is 0 Å². The monoisotopic (exact) mass is 340 g/mol. The highest BCUT2D eigenvalue weighted by Crippen LogP contribution is 2.26. The van der Waals surface area contributed by atoms with E-state index >= 15 is 0 Å². The van der Waals surface area contributed by atoms with Gasteiger partial charge < -0.3 is 10.1 Å². The summed E-state index contributed by atoms with van der Waals surface area (Å²) < 4.78 is 7.90. The second-order valence-electron chi connectivity index (χ2n) is 5.80. The largest absolute Gasteiger partial charge is 0.494 e. The minimum absolute atomic E-state index is 0.354. The van der Waals surface area contributed by atoms with Crippen LogP contribution in [0.1, 0.15) is 12.5 Å². The molecular formula is C18H20N4O3. The van der Waals surface area contributed by atoms with Crippen molar-refractivity contribution in [2.75, 3.05) is 11.9 Å². The van der Waals surface area contributed by atoms with Crippen LogP contribution in [0.5, 0.6) is 5.75 Å². The van der Waals surface area contributed by atoms with E-state index in [-0.39, 0.29) is 5.56 Å². The SMILES string of the molecule is CCOc1ccc(Nc2c(C)cnc3c2c(=O)n(C)c(=O)n3C)cc1. The Hall–Kier alpha value is -3.09. The lowest BCUT2D eigenvalue weighted by Crippen LogP contribution is -2.37. The summed E-state index contributed by atoms with van der Waals surface area (Å²) in [5.74, 6) is 0.780. The number of fused-ring (bicyclic) bond motifs is 1. The van der Waals surface area contributed by atoms with Crippen molar-refractivity contribution in [3.05, 3.63) is 56.9 Å². The molecule has 25 heavy (non-hydrogen) atoms. The van der Waals surface area contributed by atoms with Crippen molar-refractivity contribution >= 4 is 22.4 Å². The number of anilines is 2. The minimum atomic E-state index is -0.402. The van der Waals surface area contributed by atoms with E-state index in [4.69, 9.17) is 4.74 Å².